The number of nitrogens with one attached hydrogen (secondary N) is 2. The molecule has 0 spiro atoms. The van der Waals surface area contributed by atoms with Crippen molar-refractivity contribution in [1.82, 2.24) is 19.5 Å². The third kappa shape index (κ3) is 5.84. The molecule has 2 N–H and O–H groups in total. The molecule has 0 atom stereocenters. The first-order chi connectivity index (χ1) is 15.1. The van der Waals surface area contributed by atoms with Crippen LogP contribution in [0.5, 0.6) is 0 Å². The summed E-state index contributed by atoms with van der Waals surface area (Å²) in [7, 11) is -3.92. The number of amides is 1. The van der Waals surface area contributed by atoms with E-state index < -0.39 is 28.0 Å². The second-order valence-corrected chi connectivity index (χ2v) is 9.48. The lowest BCUT2D eigenvalue weighted by molar-refractivity contribution is -0.117. The number of carbonyl (C=O) groups is 1. The molecular formula is C19H16Cl3N5O4S. The molecule has 9 nitrogen and oxygen atoms in total. The summed E-state index contributed by atoms with van der Waals surface area (Å²) in [5.41, 5.74) is 0.412. The fourth-order valence-electron chi connectivity index (χ4n) is 2.66. The fourth-order valence-corrected chi connectivity index (χ4v) is 4.38. The normalized spacial score (nSPS) is 11.4. The molecule has 1 amide bonds. The van der Waals surface area contributed by atoms with Crippen molar-refractivity contribution in [1.29, 1.82) is 0 Å². The maximum atomic E-state index is 12.8. The summed E-state index contributed by atoms with van der Waals surface area (Å²) in [6.45, 7) is 1.12. The van der Waals surface area contributed by atoms with Gasteiger partial charge in [-0.2, -0.15) is 5.10 Å². The van der Waals surface area contributed by atoms with Gasteiger partial charge in [-0.25, -0.2) is 22.8 Å². The Morgan fingerprint density at radius 3 is 2.62 bits per heavy atom. The number of rotatable bonds is 7. The molecule has 0 aliphatic rings. The Balaban J connectivity index is 1.75. The van der Waals surface area contributed by atoms with Crippen LogP contribution in [0, 0.1) is 6.92 Å². The zero-order valence-electron chi connectivity index (χ0n) is 16.5. The molecule has 0 fully saturated rings. The number of carbonyl (C=O) groups excluding carboxylic acids is 1. The molecule has 1 aromatic carbocycles. The first-order valence-corrected chi connectivity index (χ1v) is 11.6. The molecule has 0 aliphatic heterocycles. The standard InChI is InChI=1S/C19H16Cl3N5O4S/c1-11-5-6-12(26-17(28)10-27-19(29)18(22)14(20)9-23-27)7-15(11)32(30,31)24-8-13-3-2-4-16(21)25-13/h2-7,9,24H,8,10H2,1H3,(H,26,28). The number of halogens is 3. The first-order valence-electron chi connectivity index (χ1n) is 8.99. The van der Waals surface area contributed by atoms with E-state index in [-0.39, 0.29) is 32.3 Å². The lowest BCUT2D eigenvalue weighted by Crippen LogP contribution is -2.30. The first kappa shape index (κ1) is 24.1. The van der Waals surface area contributed by atoms with Crippen LogP contribution in [0.15, 0.2) is 52.3 Å². The van der Waals surface area contributed by atoms with E-state index >= 15 is 0 Å². The second kappa shape index (κ2) is 9.97. The summed E-state index contributed by atoms with van der Waals surface area (Å²) < 4.78 is 28.9. The van der Waals surface area contributed by atoms with E-state index in [1.54, 1.807) is 31.2 Å². The highest BCUT2D eigenvalue weighted by atomic mass is 35.5. The number of hydrogen-bond acceptors (Lipinski definition) is 6. The van der Waals surface area contributed by atoms with Crippen LogP contribution in [0.1, 0.15) is 11.3 Å². The number of aromatic nitrogens is 3. The summed E-state index contributed by atoms with van der Waals surface area (Å²) in [4.78, 5) is 28.4. The molecule has 0 saturated carbocycles. The van der Waals surface area contributed by atoms with Crippen LogP contribution < -0.4 is 15.6 Å². The molecule has 0 bridgehead atoms. The SMILES string of the molecule is Cc1ccc(NC(=O)Cn2ncc(Cl)c(Cl)c2=O)cc1S(=O)(=O)NCc1cccc(Cl)n1. The van der Waals surface area contributed by atoms with Crippen LogP contribution >= 0.6 is 34.8 Å². The monoisotopic (exact) mass is 515 g/mol. The molecule has 0 radical (unpaired) electrons. The average Bonchev–Trinajstić information content (AvgIpc) is 2.74. The number of nitrogens with zero attached hydrogens (tertiary/aromatic N) is 3. The Morgan fingerprint density at radius 1 is 1.16 bits per heavy atom. The topological polar surface area (TPSA) is 123 Å². The lowest BCUT2D eigenvalue weighted by Gasteiger charge is -2.12. The number of sulfonamides is 1. The van der Waals surface area contributed by atoms with E-state index in [0.717, 1.165) is 10.9 Å². The smallest absolute Gasteiger partial charge is 0.287 e. The van der Waals surface area contributed by atoms with Crippen LogP contribution in [-0.4, -0.2) is 29.1 Å². The molecule has 0 unspecified atom stereocenters. The van der Waals surface area contributed by atoms with E-state index in [2.05, 4.69) is 20.1 Å². The van der Waals surface area contributed by atoms with Crippen molar-refractivity contribution in [2.75, 3.05) is 5.32 Å². The summed E-state index contributed by atoms with van der Waals surface area (Å²) in [5, 5.41) is 6.26. The van der Waals surface area contributed by atoms with Crippen molar-refractivity contribution in [2.45, 2.75) is 24.9 Å². The summed E-state index contributed by atoms with van der Waals surface area (Å²) >= 11 is 17.3. The number of benzene rings is 1. The van der Waals surface area contributed by atoms with Gasteiger partial charge in [-0.15, -0.1) is 0 Å². The van der Waals surface area contributed by atoms with E-state index in [9.17, 15) is 18.0 Å². The van der Waals surface area contributed by atoms with Crippen LogP contribution in [0.4, 0.5) is 5.69 Å². The molecule has 0 saturated heterocycles. The molecular weight excluding hydrogens is 501 g/mol. The van der Waals surface area contributed by atoms with Gasteiger partial charge in [-0.05, 0) is 36.8 Å². The quantitative estimate of drug-likeness (QED) is 0.465. The van der Waals surface area contributed by atoms with Crippen LogP contribution in [0.25, 0.3) is 0 Å². The molecule has 0 aliphatic carbocycles. The average molecular weight is 517 g/mol. The fraction of sp³-hybridized carbons (Fsp3) is 0.158. The van der Waals surface area contributed by atoms with Crippen molar-refractivity contribution < 1.29 is 13.2 Å². The van der Waals surface area contributed by atoms with E-state index in [1.165, 1.54) is 12.1 Å². The third-order valence-electron chi connectivity index (χ3n) is 4.21. The summed E-state index contributed by atoms with van der Waals surface area (Å²) in [5.74, 6) is -0.610. The van der Waals surface area contributed by atoms with E-state index in [1.807, 2.05) is 0 Å². The Hall–Kier alpha value is -2.50. The molecule has 2 heterocycles. The molecule has 2 aromatic heterocycles. The summed E-state index contributed by atoms with van der Waals surface area (Å²) in [6.07, 6.45) is 1.15. The van der Waals surface area contributed by atoms with Gasteiger partial charge in [0.25, 0.3) is 5.56 Å². The Kier molecular flexibility index (Phi) is 7.52. The zero-order valence-corrected chi connectivity index (χ0v) is 19.6. The Bertz CT molecular complexity index is 1350. The minimum atomic E-state index is -3.92. The largest absolute Gasteiger partial charge is 0.324 e. The van der Waals surface area contributed by atoms with Gasteiger partial charge in [0.05, 0.1) is 28.4 Å². The molecule has 32 heavy (non-hydrogen) atoms. The van der Waals surface area contributed by atoms with Gasteiger partial charge in [0.2, 0.25) is 15.9 Å². The van der Waals surface area contributed by atoms with Gasteiger partial charge in [-0.3, -0.25) is 9.59 Å². The maximum absolute atomic E-state index is 12.8. The highest BCUT2D eigenvalue weighted by Gasteiger charge is 2.19. The Labute approximate surface area is 198 Å². The van der Waals surface area contributed by atoms with Crippen molar-refractivity contribution in [3.05, 3.63) is 79.4 Å². The lowest BCUT2D eigenvalue weighted by atomic mass is 10.2. The Morgan fingerprint density at radius 2 is 1.91 bits per heavy atom. The molecule has 13 heteroatoms. The molecule has 3 rings (SSSR count). The van der Waals surface area contributed by atoms with Crippen LogP contribution in [0.2, 0.25) is 15.2 Å². The third-order valence-corrected chi connectivity index (χ3v) is 6.72. The van der Waals surface area contributed by atoms with Gasteiger partial charge in [0.1, 0.15) is 16.7 Å². The van der Waals surface area contributed by atoms with Gasteiger partial charge < -0.3 is 5.32 Å². The number of aryl methyl sites for hydroxylation is 1. The van der Waals surface area contributed by atoms with Crippen molar-refractivity contribution in [2.24, 2.45) is 0 Å². The van der Waals surface area contributed by atoms with Crippen molar-refractivity contribution >= 4 is 56.4 Å². The molecule has 168 valence electrons. The zero-order chi connectivity index (χ0) is 23.5. The minimum absolute atomic E-state index is 0.0258. The van der Waals surface area contributed by atoms with Crippen LogP contribution in [0.3, 0.4) is 0 Å². The number of anilines is 1. The minimum Gasteiger partial charge on any atom is -0.324 e. The number of hydrogen-bond donors (Lipinski definition) is 2. The van der Waals surface area contributed by atoms with E-state index in [4.69, 9.17) is 34.8 Å². The predicted molar refractivity (Wildman–Crippen MR) is 122 cm³/mol. The predicted octanol–water partition coefficient (Wildman–Crippen LogP) is 3.02. The van der Waals surface area contributed by atoms with Gasteiger partial charge in [0, 0.05) is 5.69 Å². The highest BCUT2D eigenvalue weighted by Crippen LogP contribution is 2.21. The van der Waals surface area contributed by atoms with Gasteiger partial charge in [-0.1, -0.05) is 46.9 Å². The molecule has 3 aromatic rings. The number of pyridine rings is 1. The van der Waals surface area contributed by atoms with Gasteiger partial charge in [0.15, 0.2) is 0 Å². The summed E-state index contributed by atoms with van der Waals surface area (Å²) in [6, 6.07) is 9.27. The van der Waals surface area contributed by atoms with Crippen molar-refractivity contribution in [3.8, 4) is 0 Å². The highest BCUT2D eigenvalue weighted by molar-refractivity contribution is 7.89. The van der Waals surface area contributed by atoms with Gasteiger partial charge >= 0.3 is 0 Å². The second-order valence-electron chi connectivity index (χ2n) is 6.57. The van der Waals surface area contributed by atoms with Crippen molar-refractivity contribution in [3.63, 3.8) is 0 Å². The maximum Gasteiger partial charge on any atom is 0.287 e. The van der Waals surface area contributed by atoms with Crippen LogP contribution in [-0.2, 0) is 27.9 Å². The van der Waals surface area contributed by atoms with E-state index in [0.29, 0.717) is 11.3 Å².